The molecule has 0 aromatic carbocycles. The molecular weight excluding hydrogens is 196 g/mol. The lowest BCUT2D eigenvalue weighted by Gasteiger charge is -1.43. The Bertz CT molecular complexity index is 6.00. The maximum Gasteiger partial charge on any atom is 0.316 e. The van der Waals surface area contributed by atoms with Gasteiger partial charge in [0.05, 0.1) is 4.24 Å². The van der Waals surface area contributed by atoms with Gasteiger partial charge < -0.3 is 0 Å². The minimum absolute atomic E-state index is 0. The molecule has 0 unspecified atom stereocenters. The number of halogens is 2. The van der Waals surface area contributed by atoms with Crippen molar-refractivity contribution in [2.24, 2.45) is 0 Å². The minimum atomic E-state index is 0. The molecule has 24 valence electrons. The Morgan fingerprint density at radius 2 is 1.25 bits per heavy atom. The molecule has 0 N–H and O–H groups in total. The van der Waals surface area contributed by atoms with Crippen molar-refractivity contribution in [2.45, 2.75) is 0 Å². The lowest BCUT2D eigenvalue weighted by molar-refractivity contribution is 2.44. The summed E-state index contributed by atoms with van der Waals surface area (Å²) >= 11 is 6.12. The van der Waals surface area contributed by atoms with Crippen LogP contribution in [0, 0.1) is 0 Å². The van der Waals surface area contributed by atoms with Gasteiger partial charge in [-0.2, -0.15) is 0 Å². The zero-order valence-electron chi connectivity index (χ0n) is 1.46. The number of rotatable bonds is 0. The lowest BCUT2D eigenvalue weighted by Crippen LogP contribution is -1.19. The minimum Gasteiger partial charge on any atom is -0.0802 e. The van der Waals surface area contributed by atoms with Gasteiger partial charge in [0.2, 0.25) is 0 Å². The summed E-state index contributed by atoms with van der Waals surface area (Å²) in [6.07, 6.45) is 0. The Kier molecular flexibility index (Phi) is 20.3. The van der Waals surface area contributed by atoms with Crippen molar-refractivity contribution >= 4 is 54.9 Å². The van der Waals surface area contributed by atoms with E-state index < -0.39 is 0 Å². The van der Waals surface area contributed by atoms with Crippen molar-refractivity contribution in [3.05, 3.63) is 0 Å². The summed E-state index contributed by atoms with van der Waals surface area (Å²) in [5, 5.41) is 0. The second kappa shape index (κ2) is 8.83. The van der Waals surface area contributed by atoms with Gasteiger partial charge in [-0.3, -0.25) is 0 Å². The zero-order chi connectivity index (χ0) is 2.71. The molecule has 0 radical (unpaired) electrons. The molecule has 0 nitrogen and oxygen atoms in total. The van der Waals surface area contributed by atoms with Crippen molar-refractivity contribution in [3.63, 3.8) is 0 Å². The van der Waals surface area contributed by atoms with Gasteiger partial charge in [-0.15, -0.1) is 0 Å². The van der Waals surface area contributed by atoms with Crippen LogP contribution in [0.4, 0.5) is 0 Å². The van der Waals surface area contributed by atoms with E-state index in [-0.39, 0.29) is 23.1 Å². The highest BCUT2D eigenvalue weighted by molar-refractivity contribution is 9.24. The van der Waals surface area contributed by atoms with Crippen LogP contribution in [0.25, 0.3) is 0 Å². The van der Waals surface area contributed by atoms with Gasteiger partial charge in [0.1, 0.15) is 0 Å². The van der Waals surface area contributed by atoms with Gasteiger partial charge in [0, 0.05) is 0 Å². The van der Waals surface area contributed by atoms with Gasteiger partial charge in [-0.05, 0) is 0 Å². The molecule has 0 rings (SSSR count). The first-order valence-corrected chi connectivity index (χ1v) is 2.78. The first-order valence-electron chi connectivity index (χ1n) is 0.535. The van der Waals surface area contributed by atoms with Crippen LogP contribution in [0.15, 0.2) is 0 Å². The third kappa shape index (κ3) is 9.29. The van der Waals surface area contributed by atoms with E-state index >= 15 is 0 Å². The molecule has 3 heteroatoms. The number of alkyl halides is 2. The Hall–Kier alpha value is 1.73. The summed E-state index contributed by atoms with van der Waals surface area (Å²) in [5.74, 6) is 0. The highest BCUT2D eigenvalue weighted by Gasteiger charge is 1.41. The molecule has 0 bridgehead atoms. The van der Waals surface area contributed by atoms with Gasteiger partial charge in [0.15, 0.2) is 0 Å². The van der Waals surface area contributed by atoms with Gasteiger partial charge in [-0.25, -0.2) is 0 Å². The largest absolute Gasteiger partial charge is 0.316 e. The summed E-state index contributed by atoms with van der Waals surface area (Å²) in [6.45, 7) is 0. The molecule has 0 saturated carbocycles. The van der Waals surface area contributed by atoms with Crippen LogP contribution in [-0.4, -0.2) is 27.3 Å². The molecule has 0 spiro atoms. The average Bonchev–Trinajstić information content (AvgIpc) is 0.918. The maximum absolute atomic E-state index is 3.06. The number of hydrogen-bond donors (Lipinski definition) is 0. The SMILES string of the molecule is BrCBr.[MgH2]. The van der Waals surface area contributed by atoms with Crippen molar-refractivity contribution < 1.29 is 0 Å². The Labute approximate surface area is 58.7 Å². The molecule has 0 heterocycles. The van der Waals surface area contributed by atoms with Crippen molar-refractivity contribution in [1.82, 2.24) is 0 Å². The van der Waals surface area contributed by atoms with E-state index in [0.717, 1.165) is 4.24 Å². The van der Waals surface area contributed by atoms with Gasteiger partial charge in [0.25, 0.3) is 0 Å². The van der Waals surface area contributed by atoms with E-state index in [1.165, 1.54) is 0 Å². The molecule has 0 aliphatic rings. The normalized spacial score (nSPS) is 4.50. The summed E-state index contributed by atoms with van der Waals surface area (Å²) in [5.41, 5.74) is 0. The molecule has 0 saturated heterocycles. The van der Waals surface area contributed by atoms with Crippen molar-refractivity contribution in [1.29, 1.82) is 0 Å². The summed E-state index contributed by atoms with van der Waals surface area (Å²) in [7, 11) is 0. The average molecular weight is 200 g/mol. The predicted octanol–water partition coefficient (Wildman–Crippen LogP) is 0.817. The van der Waals surface area contributed by atoms with Crippen LogP contribution < -0.4 is 0 Å². The molecule has 0 aromatic heterocycles. The lowest BCUT2D eigenvalue weighted by atomic mass is 12.0. The van der Waals surface area contributed by atoms with Crippen LogP contribution in [0.5, 0.6) is 0 Å². The third-order valence-corrected chi connectivity index (χ3v) is 0. The summed E-state index contributed by atoms with van der Waals surface area (Å²) in [6, 6.07) is 0. The van der Waals surface area contributed by atoms with Gasteiger partial charge in [-0.1, -0.05) is 31.9 Å². The van der Waals surface area contributed by atoms with E-state index in [4.69, 9.17) is 0 Å². The van der Waals surface area contributed by atoms with E-state index in [2.05, 4.69) is 31.9 Å². The van der Waals surface area contributed by atoms with E-state index in [1.807, 2.05) is 0 Å². The summed E-state index contributed by atoms with van der Waals surface area (Å²) < 4.78 is 0.875. The van der Waals surface area contributed by atoms with Crippen LogP contribution in [-0.2, 0) is 0 Å². The smallest absolute Gasteiger partial charge is 0.0802 e. The fraction of sp³-hybridized carbons (Fsp3) is 1.00. The third-order valence-electron chi connectivity index (χ3n) is 0. The molecular formula is CH4Br2Mg. The van der Waals surface area contributed by atoms with E-state index in [0.29, 0.717) is 0 Å². The molecule has 0 atom stereocenters. The van der Waals surface area contributed by atoms with Crippen LogP contribution in [0.3, 0.4) is 0 Å². The van der Waals surface area contributed by atoms with E-state index in [1.54, 1.807) is 0 Å². The standard InChI is InChI=1S/CH2Br2.Mg.2H/c2-1-3;;;/h1H2;;;. The molecule has 0 amide bonds. The first-order chi connectivity index (χ1) is 1.41. The maximum atomic E-state index is 3.06. The predicted molar refractivity (Wildman–Crippen MR) is 31.3 cm³/mol. The second-order valence-corrected chi connectivity index (χ2v) is 2.73. The quantitative estimate of drug-likeness (QED) is 0.401. The summed E-state index contributed by atoms with van der Waals surface area (Å²) in [4.78, 5) is 0. The molecule has 0 aliphatic heterocycles. The van der Waals surface area contributed by atoms with Crippen molar-refractivity contribution in [2.75, 3.05) is 4.24 Å². The first kappa shape index (κ1) is 9.21. The van der Waals surface area contributed by atoms with Crippen LogP contribution in [0.2, 0.25) is 0 Å². The molecule has 0 fully saturated rings. The molecule has 4 heavy (non-hydrogen) atoms. The highest BCUT2D eigenvalue weighted by atomic mass is 79.9. The van der Waals surface area contributed by atoms with Crippen LogP contribution >= 0.6 is 31.9 Å². The van der Waals surface area contributed by atoms with Crippen molar-refractivity contribution in [3.8, 4) is 0 Å². The Balaban J connectivity index is 0. The Morgan fingerprint density at radius 1 is 1.25 bits per heavy atom. The second-order valence-electron chi connectivity index (χ2n) is 0.101. The zero-order valence-corrected chi connectivity index (χ0v) is 4.64. The van der Waals surface area contributed by atoms with Gasteiger partial charge >= 0.3 is 23.1 Å². The monoisotopic (exact) mass is 198 g/mol. The highest BCUT2D eigenvalue weighted by Crippen LogP contribution is 1.83. The molecule has 0 aliphatic carbocycles. The Morgan fingerprint density at radius 3 is 1.25 bits per heavy atom. The number of hydrogen-bond acceptors (Lipinski definition) is 0. The molecule has 0 aromatic rings. The van der Waals surface area contributed by atoms with Crippen LogP contribution in [0.1, 0.15) is 0 Å². The fourth-order valence-corrected chi connectivity index (χ4v) is 0. The fourth-order valence-electron chi connectivity index (χ4n) is 0. The van der Waals surface area contributed by atoms with E-state index in [9.17, 15) is 0 Å². The topological polar surface area (TPSA) is 0 Å².